The molecule has 2 fully saturated rings. The summed E-state index contributed by atoms with van der Waals surface area (Å²) in [6, 6.07) is 10.9. The predicted molar refractivity (Wildman–Crippen MR) is 143 cm³/mol. The van der Waals surface area contributed by atoms with Crippen molar-refractivity contribution in [1.82, 2.24) is 10.3 Å². The molecule has 3 amide bonds. The van der Waals surface area contributed by atoms with E-state index in [1.165, 1.54) is 53.6 Å². The summed E-state index contributed by atoms with van der Waals surface area (Å²) in [4.78, 5) is 47.6. The Balaban J connectivity index is 1.60. The minimum atomic E-state index is -2.90. The van der Waals surface area contributed by atoms with Gasteiger partial charge in [-0.1, -0.05) is 35.9 Å². The smallest absolute Gasteiger partial charge is 0.252 e. The van der Waals surface area contributed by atoms with Crippen molar-refractivity contribution in [3.05, 3.63) is 83.3 Å². The lowest BCUT2D eigenvalue weighted by Crippen LogP contribution is -2.56. The van der Waals surface area contributed by atoms with E-state index < -0.39 is 54.5 Å². The maximum atomic E-state index is 14.5. The van der Waals surface area contributed by atoms with Crippen molar-refractivity contribution in [1.29, 1.82) is 0 Å². The maximum absolute atomic E-state index is 14.5. The second kappa shape index (κ2) is 10.8. The molecule has 1 saturated heterocycles. The van der Waals surface area contributed by atoms with Gasteiger partial charge in [0.1, 0.15) is 23.7 Å². The summed E-state index contributed by atoms with van der Waals surface area (Å²) in [5.41, 5.74) is 6.43. The van der Waals surface area contributed by atoms with Crippen LogP contribution >= 0.6 is 11.6 Å². The highest BCUT2D eigenvalue weighted by Gasteiger charge is 2.48. The zero-order valence-corrected chi connectivity index (χ0v) is 21.8. The Morgan fingerprint density at radius 1 is 1.12 bits per heavy atom. The van der Waals surface area contributed by atoms with Crippen LogP contribution in [0.1, 0.15) is 37.3 Å². The number of nitrogens with zero attached hydrogens (tertiary/aromatic N) is 3. The van der Waals surface area contributed by atoms with Crippen molar-refractivity contribution < 1.29 is 27.6 Å². The molecule has 0 bridgehead atoms. The first-order valence-electron chi connectivity index (χ1n) is 12.6. The standard InChI is InChI=1S/C28H25ClF3N5O3/c29-21-7-2-1-6-20(21)25(26(39)35-18-14-28(31,32)15-18)36(19-5-3-4-16(30)12-19)27(40)22-8-9-24(38)37(22)23-13-17(33)10-11-34-23/h1-7,10-13,18,22,25H,8-9,14-15H2,(H2,33,34)(H,35,39)/t22-,25?/m0/s1. The fourth-order valence-electron chi connectivity index (χ4n) is 5.10. The van der Waals surface area contributed by atoms with Crippen LogP contribution in [-0.2, 0) is 14.4 Å². The van der Waals surface area contributed by atoms with Crippen LogP contribution in [0.4, 0.5) is 30.4 Å². The van der Waals surface area contributed by atoms with Crippen LogP contribution in [0.15, 0.2) is 66.9 Å². The normalized spacial score (nSPS) is 19.1. The number of aromatic nitrogens is 1. The molecule has 2 atom stereocenters. The van der Waals surface area contributed by atoms with E-state index in [2.05, 4.69) is 10.3 Å². The van der Waals surface area contributed by atoms with Crippen LogP contribution in [0.3, 0.4) is 0 Å². The zero-order valence-electron chi connectivity index (χ0n) is 21.1. The number of nitrogens with one attached hydrogen (secondary N) is 1. The molecule has 1 aliphatic carbocycles. The molecule has 1 unspecified atom stereocenters. The lowest BCUT2D eigenvalue weighted by atomic mass is 9.87. The number of carbonyl (C=O) groups excluding carboxylic acids is 3. The molecule has 3 aromatic rings. The molecule has 5 rings (SSSR count). The van der Waals surface area contributed by atoms with Crippen LogP contribution in [0.5, 0.6) is 0 Å². The summed E-state index contributed by atoms with van der Waals surface area (Å²) in [5, 5.41) is 2.72. The maximum Gasteiger partial charge on any atom is 0.252 e. The fraction of sp³-hybridized carbons (Fsp3) is 0.286. The van der Waals surface area contributed by atoms with Crippen molar-refractivity contribution in [2.75, 3.05) is 15.5 Å². The number of rotatable bonds is 7. The first-order chi connectivity index (χ1) is 19.0. The zero-order chi connectivity index (χ0) is 28.6. The minimum absolute atomic E-state index is 0.0174. The van der Waals surface area contributed by atoms with Crippen molar-refractivity contribution in [3.63, 3.8) is 0 Å². The summed E-state index contributed by atoms with van der Waals surface area (Å²) in [6.07, 6.45) is 0.411. The van der Waals surface area contributed by atoms with Gasteiger partial charge in [0.25, 0.3) is 11.8 Å². The first kappa shape index (κ1) is 27.4. The number of nitrogens with two attached hydrogens (primary N) is 1. The molecular formula is C28H25ClF3N5O3. The Hall–Kier alpha value is -4.12. The van der Waals surface area contributed by atoms with Crippen molar-refractivity contribution >= 4 is 46.5 Å². The van der Waals surface area contributed by atoms with E-state index in [1.807, 2.05) is 0 Å². The Morgan fingerprint density at radius 2 is 1.88 bits per heavy atom. The number of amides is 3. The summed E-state index contributed by atoms with van der Waals surface area (Å²) >= 11 is 6.48. The summed E-state index contributed by atoms with van der Waals surface area (Å²) < 4.78 is 41.6. The third-order valence-electron chi connectivity index (χ3n) is 6.98. The van der Waals surface area contributed by atoms with Gasteiger partial charge in [-0.15, -0.1) is 0 Å². The van der Waals surface area contributed by atoms with Crippen molar-refractivity contribution in [2.24, 2.45) is 0 Å². The average molecular weight is 572 g/mol. The van der Waals surface area contributed by atoms with Gasteiger partial charge in [-0.05, 0) is 36.8 Å². The van der Waals surface area contributed by atoms with Crippen LogP contribution in [0.25, 0.3) is 0 Å². The topological polar surface area (TPSA) is 109 Å². The molecule has 1 saturated carbocycles. The molecule has 1 aromatic heterocycles. The van der Waals surface area contributed by atoms with Gasteiger partial charge in [0.15, 0.2) is 0 Å². The Morgan fingerprint density at radius 3 is 2.55 bits per heavy atom. The van der Waals surface area contributed by atoms with E-state index in [4.69, 9.17) is 17.3 Å². The number of hydrogen-bond acceptors (Lipinski definition) is 5. The summed E-state index contributed by atoms with van der Waals surface area (Å²) in [6.45, 7) is 0. The number of hydrogen-bond donors (Lipinski definition) is 2. The monoisotopic (exact) mass is 571 g/mol. The van der Waals surface area contributed by atoms with Gasteiger partial charge < -0.3 is 11.1 Å². The molecule has 2 aromatic carbocycles. The van der Waals surface area contributed by atoms with Crippen LogP contribution in [0.2, 0.25) is 5.02 Å². The van der Waals surface area contributed by atoms with Crippen LogP contribution < -0.4 is 20.9 Å². The van der Waals surface area contributed by atoms with E-state index in [1.54, 1.807) is 12.1 Å². The third-order valence-corrected chi connectivity index (χ3v) is 7.32. The van der Waals surface area contributed by atoms with E-state index in [9.17, 15) is 27.6 Å². The van der Waals surface area contributed by atoms with Gasteiger partial charge in [-0.3, -0.25) is 24.2 Å². The molecule has 2 aliphatic rings. The van der Waals surface area contributed by atoms with Crippen LogP contribution in [0, 0.1) is 5.82 Å². The Bertz CT molecular complexity index is 1460. The molecule has 208 valence electrons. The number of anilines is 3. The van der Waals surface area contributed by atoms with Gasteiger partial charge in [0, 0.05) is 59.5 Å². The molecule has 0 radical (unpaired) electrons. The van der Waals surface area contributed by atoms with Crippen LogP contribution in [-0.4, -0.2) is 40.7 Å². The third kappa shape index (κ3) is 5.46. The summed E-state index contributed by atoms with van der Waals surface area (Å²) in [5.74, 6) is -5.29. The van der Waals surface area contributed by atoms with Crippen molar-refractivity contribution in [3.8, 4) is 0 Å². The largest absolute Gasteiger partial charge is 0.399 e. The molecule has 2 heterocycles. The molecular weight excluding hydrogens is 547 g/mol. The van der Waals surface area contributed by atoms with Crippen molar-refractivity contribution in [2.45, 2.75) is 49.7 Å². The predicted octanol–water partition coefficient (Wildman–Crippen LogP) is 4.64. The van der Waals surface area contributed by atoms with E-state index >= 15 is 0 Å². The number of nitrogen functional groups attached to an aromatic ring is 1. The van der Waals surface area contributed by atoms with Gasteiger partial charge >= 0.3 is 0 Å². The van der Waals surface area contributed by atoms with E-state index in [0.717, 1.165) is 11.0 Å². The first-order valence-corrected chi connectivity index (χ1v) is 13.0. The highest BCUT2D eigenvalue weighted by atomic mass is 35.5. The second-order valence-electron chi connectivity index (χ2n) is 9.85. The number of benzene rings is 2. The second-order valence-corrected chi connectivity index (χ2v) is 10.3. The Kier molecular flexibility index (Phi) is 7.41. The molecule has 3 N–H and O–H groups in total. The molecule has 8 nitrogen and oxygen atoms in total. The number of pyridine rings is 1. The highest BCUT2D eigenvalue weighted by Crippen LogP contribution is 2.40. The number of carbonyl (C=O) groups is 3. The molecule has 0 spiro atoms. The SMILES string of the molecule is Nc1ccnc(N2C(=O)CC[C@H]2C(=O)N(c2cccc(F)c2)C(C(=O)NC2CC(F)(F)C2)c2ccccc2Cl)c1. The van der Waals surface area contributed by atoms with E-state index in [-0.39, 0.29) is 40.8 Å². The molecule has 40 heavy (non-hydrogen) atoms. The highest BCUT2D eigenvalue weighted by molar-refractivity contribution is 6.31. The minimum Gasteiger partial charge on any atom is -0.399 e. The Labute approximate surface area is 232 Å². The van der Waals surface area contributed by atoms with E-state index in [0.29, 0.717) is 5.69 Å². The fourth-order valence-corrected chi connectivity index (χ4v) is 5.34. The lowest BCUT2D eigenvalue weighted by molar-refractivity contribution is -0.133. The van der Waals surface area contributed by atoms with Gasteiger partial charge in [-0.25, -0.2) is 18.2 Å². The molecule has 12 heteroatoms. The number of halogens is 4. The van der Waals surface area contributed by atoms with Gasteiger partial charge in [-0.2, -0.15) is 0 Å². The average Bonchev–Trinajstić information content (AvgIpc) is 3.27. The quantitative estimate of drug-likeness (QED) is 0.429. The van der Waals surface area contributed by atoms with Gasteiger partial charge in [0.05, 0.1) is 0 Å². The summed E-state index contributed by atoms with van der Waals surface area (Å²) in [7, 11) is 0. The van der Waals surface area contributed by atoms with Gasteiger partial charge in [0.2, 0.25) is 11.8 Å². The lowest BCUT2D eigenvalue weighted by Gasteiger charge is -2.39. The molecule has 1 aliphatic heterocycles. The number of alkyl halides is 2.